The maximum Gasteiger partial charge on any atom is 0.408 e. The molecule has 1 aliphatic heterocycles. The first-order chi connectivity index (χ1) is 40.1. The predicted octanol–water partition coefficient (Wildman–Crippen LogP) is 5.35. The highest BCUT2D eigenvalue weighted by atomic mass is 32.1. The van der Waals surface area contributed by atoms with Crippen molar-refractivity contribution in [2.75, 3.05) is 37.7 Å². The average Bonchev–Trinajstić information content (AvgIpc) is 4.18. The fourth-order valence-corrected chi connectivity index (χ4v) is 10.0. The largest absolute Gasteiger partial charge is 0.481 e. The molecular formula is C61H71N7O14S. The molecule has 0 radical (unpaired) electrons. The molecule has 83 heavy (non-hydrogen) atoms. The van der Waals surface area contributed by atoms with Crippen LogP contribution in [0.3, 0.4) is 0 Å². The molecule has 1 saturated heterocycles. The number of amides is 6. The molecule has 1 fully saturated rings. The van der Waals surface area contributed by atoms with Gasteiger partial charge in [-0.3, -0.25) is 38.4 Å². The summed E-state index contributed by atoms with van der Waals surface area (Å²) >= 11 is 1.04. The van der Waals surface area contributed by atoms with Gasteiger partial charge in [-0.25, -0.2) is 9.59 Å². The Hall–Kier alpha value is -8.92. The quantitative estimate of drug-likeness (QED) is 0.0258. The van der Waals surface area contributed by atoms with Crippen LogP contribution < -0.4 is 31.5 Å². The molecule has 7 N–H and O–H groups in total. The molecule has 440 valence electrons. The molecular weight excluding hydrogens is 1090 g/mol. The number of carbonyl (C=O) groups excluding carboxylic acids is 8. The van der Waals surface area contributed by atoms with E-state index in [1.54, 1.807) is 137 Å². The molecule has 0 spiro atoms. The van der Waals surface area contributed by atoms with E-state index >= 15 is 9.59 Å². The van der Waals surface area contributed by atoms with Crippen LogP contribution in [0.2, 0.25) is 0 Å². The highest BCUT2D eigenvalue weighted by molar-refractivity contribution is 7.10. The summed E-state index contributed by atoms with van der Waals surface area (Å²) in [6.07, 6.45) is -2.62. The lowest BCUT2D eigenvalue weighted by atomic mass is 9.90. The number of hydrogen-bond donors (Lipinski definition) is 7. The highest BCUT2D eigenvalue weighted by Crippen LogP contribution is 2.24. The number of ketones is 1. The number of hydrogen-bond acceptors (Lipinski definition) is 15. The normalized spacial score (nSPS) is 15.0. The van der Waals surface area contributed by atoms with Crippen molar-refractivity contribution in [1.29, 1.82) is 1.43 Å². The van der Waals surface area contributed by atoms with Gasteiger partial charge in [-0.15, -0.1) is 11.3 Å². The summed E-state index contributed by atoms with van der Waals surface area (Å²) in [6, 6.07) is 28.1. The summed E-state index contributed by atoms with van der Waals surface area (Å²) in [6.45, 7) is 8.69. The van der Waals surface area contributed by atoms with E-state index in [1.165, 1.54) is 11.0 Å². The molecule has 3 unspecified atom stereocenters. The van der Waals surface area contributed by atoms with Gasteiger partial charge in [0, 0.05) is 42.3 Å². The van der Waals surface area contributed by atoms with Gasteiger partial charge >= 0.3 is 24.0 Å². The number of rotatable bonds is 27. The molecule has 5 aromatic rings. The second-order valence-electron chi connectivity index (χ2n) is 21.4. The van der Waals surface area contributed by atoms with Crippen molar-refractivity contribution in [2.45, 2.75) is 96.1 Å². The molecule has 0 bridgehead atoms. The number of ether oxygens (including phenoxy) is 2. The molecule has 7 atom stereocenters. The number of Topliss-reactive ketones (excluding diaryl/α,β-unsaturated/α-hetero) is 1. The summed E-state index contributed by atoms with van der Waals surface area (Å²) in [5.41, 5.74) is 0.971. The van der Waals surface area contributed by atoms with E-state index in [9.17, 15) is 43.5 Å². The van der Waals surface area contributed by atoms with Crippen LogP contribution in [0.4, 0.5) is 10.5 Å². The number of benzene rings is 4. The summed E-state index contributed by atoms with van der Waals surface area (Å²) < 4.78 is 18.6. The molecule has 0 aliphatic carbocycles. The van der Waals surface area contributed by atoms with E-state index in [2.05, 4.69) is 36.6 Å². The van der Waals surface area contributed by atoms with Crippen molar-refractivity contribution in [3.63, 3.8) is 0 Å². The second-order valence-corrected chi connectivity index (χ2v) is 22.4. The van der Waals surface area contributed by atoms with Crippen LogP contribution in [0.25, 0.3) is 1.43 Å². The van der Waals surface area contributed by atoms with Gasteiger partial charge in [-0.2, -0.15) is 0 Å². The fourth-order valence-electron chi connectivity index (χ4n) is 9.27. The molecule has 22 heteroatoms. The molecule has 6 rings (SSSR count). The molecule has 6 amide bonds. The van der Waals surface area contributed by atoms with Crippen molar-refractivity contribution in [3.05, 3.63) is 160 Å². The molecule has 4 aromatic carbocycles. The number of nitrogens with one attached hydrogen (secondary N) is 5. The maximum absolute atomic E-state index is 15.3. The van der Waals surface area contributed by atoms with Crippen molar-refractivity contribution in [2.24, 2.45) is 17.8 Å². The van der Waals surface area contributed by atoms with E-state index in [1.807, 2.05) is 30.3 Å². The third kappa shape index (κ3) is 19.4. The zero-order valence-corrected chi connectivity index (χ0v) is 47.6. The van der Waals surface area contributed by atoms with E-state index in [0.29, 0.717) is 29.8 Å². The van der Waals surface area contributed by atoms with E-state index in [-0.39, 0.29) is 43.1 Å². The third-order valence-electron chi connectivity index (χ3n) is 13.4. The van der Waals surface area contributed by atoms with Crippen LogP contribution in [0, 0.1) is 17.8 Å². The fraction of sp³-hybridized carbons (Fsp3) is 0.377. The van der Waals surface area contributed by atoms with Crippen LogP contribution in [0.5, 0.6) is 0 Å². The number of nitrogens with zero attached hydrogens (tertiary/aromatic N) is 2. The standard InChI is InChI=1S/C61H71N7O14S/c1-38(2)33-46(59(79)81-37-47(69)41-23-14-8-15-24-41)63-56(74)52(48-27-18-32-83-48)65-55(73)50(43(57(75)76)34-39-19-10-6-11-20-39)64-53(71)45(36-49(70)68-30-28-67(29-31-68)42-25-16-9-17-26-42)62-54(72)51(66-60(80)82-61(3,4)5)44(58(77)78)35-40-21-12-7-13-22-40/h6-27,32,38,43-46,50-52H,28-31,33-37H2,1-5H3,(H,62,72)(H,63,74)(H,64,71)(H,65,73)(H,66,80)(H,75,76)(H,77,78)/t43?,44?,45-,46-,50-,51+,52?/m0/s1/i/hD. The van der Waals surface area contributed by atoms with Crippen LogP contribution >= 0.6 is 11.3 Å². The monoisotopic (exact) mass is 1160 g/mol. The maximum atomic E-state index is 15.3. The lowest BCUT2D eigenvalue weighted by Gasteiger charge is -2.37. The second kappa shape index (κ2) is 30.2. The number of aliphatic carboxylic acids is 2. The Kier molecular flexibility index (Phi) is 22.5. The number of carboxylic acids is 2. The molecule has 21 nitrogen and oxygen atoms in total. The van der Waals surface area contributed by atoms with Gasteiger partial charge in [-0.1, -0.05) is 129 Å². The molecule has 2 heterocycles. The number of piperazine rings is 1. The Morgan fingerprint density at radius 3 is 1.67 bits per heavy atom. The number of para-hydroxylation sites is 1. The molecule has 1 aromatic heterocycles. The highest BCUT2D eigenvalue weighted by Gasteiger charge is 2.43. The van der Waals surface area contributed by atoms with Crippen LogP contribution in [0.15, 0.2) is 139 Å². The first kappa shape index (κ1) is 61.7. The van der Waals surface area contributed by atoms with Crippen molar-refractivity contribution >= 4 is 76.3 Å². The zero-order valence-electron chi connectivity index (χ0n) is 47.8. The van der Waals surface area contributed by atoms with E-state index in [0.717, 1.165) is 17.0 Å². The Balaban J connectivity index is 1.37. The summed E-state index contributed by atoms with van der Waals surface area (Å²) in [5.74, 6) is -13.2. The lowest BCUT2D eigenvalue weighted by Crippen LogP contribution is -2.62. The van der Waals surface area contributed by atoms with Gasteiger partial charge < -0.3 is 56.1 Å². The summed E-state index contributed by atoms with van der Waals surface area (Å²) in [5, 5.41) is 29.4. The van der Waals surface area contributed by atoms with Gasteiger partial charge in [0.25, 0.3) is 1.43 Å². The number of esters is 1. The average molecular weight is 1160 g/mol. The van der Waals surface area contributed by atoms with Crippen molar-refractivity contribution < 1.29 is 67.6 Å². The van der Waals surface area contributed by atoms with Crippen molar-refractivity contribution in [1.82, 2.24) is 31.5 Å². The summed E-state index contributed by atoms with van der Waals surface area (Å²) in [4.78, 5) is 145. The predicted molar refractivity (Wildman–Crippen MR) is 308 cm³/mol. The van der Waals surface area contributed by atoms with Gasteiger partial charge in [0.15, 0.2) is 12.4 Å². The van der Waals surface area contributed by atoms with Gasteiger partial charge in [-0.05, 0) is 80.7 Å². The van der Waals surface area contributed by atoms with Gasteiger partial charge in [0.2, 0.25) is 29.5 Å². The zero-order chi connectivity index (χ0) is 60.9. The van der Waals surface area contributed by atoms with Crippen molar-refractivity contribution in [3.8, 4) is 0 Å². The topological polar surface area (TPSA) is 296 Å². The first-order valence-corrected chi connectivity index (χ1v) is 28.0. The minimum absolute atomic E-state index is 0.0323. The Morgan fingerprint density at radius 1 is 0.614 bits per heavy atom. The van der Waals surface area contributed by atoms with E-state index in [4.69, 9.17) is 10.9 Å². The Morgan fingerprint density at radius 2 is 1.14 bits per heavy atom. The number of carboxylic acid groups (broad SMARTS) is 2. The SMILES string of the molecule is [2H]OC(=O)C(Cc1ccccc1)[C@H](NC(=O)[C@H](CC(=O)N1CCN(c2ccccc2)CC1)NC(=O)[C@H](NC(=O)OC(C)(C)C)C(Cc1ccccc1)C(=O)O)C(=O)NC(C(=O)N[C@@H](CC(C)C)C(=O)OCC(=O)c1ccccc1)c1cccs1. The number of carbonyl (C=O) groups is 10. The third-order valence-corrected chi connectivity index (χ3v) is 14.4. The van der Waals surface area contributed by atoms with Crippen LogP contribution in [-0.2, 0) is 60.7 Å². The molecule has 0 saturated carbocycles. The smallest absolute Gasteiger partial charge is 0.408 e. The number of alkyl carbamates (subject to hydrolysis) is 1. The summed E-state index contributed by atoms with van der Waals surface area (Å²) in [7, 11) is 0. The lowest BCUT2D eigenvalue weighted by molar-refractivity contribution is -0.148. The Labute approximate surface area is 487 Å². The van der Waals surface area contributed by atoms with Crippen LogP contribution in [-0.4, -0.2) is 137 Å². The van der Waals surface area contributed by atoms with Crippen LogP contribution in [0.1, 0.15) is 79.9 Å². The van der Waals surface area contributed by atoms with E-state index < -0.39 is 120 Å². The van der Waals surface area contributed by atoms with Gasteiger partial charge in [0.05, 0.1) is 18.3 Å². The van der Waals surface area contributed by atoms with Gasteiger partial charge in [0.1, 0.15) is 35.8 Å². The number of thiophene rings is 1. The minimum Gasteiger partial charge on any atom is -0.481 e. The molecule has 1 aliphatic rings. The Bertz CT molecular complexity index is 3040. The number of anilines is 1. The first-order valence-electron chi connectivity index (χ1n) is 27.6. The minimum atomic E-state index is -2.07.